The van der Waals surface area contributed by atoms with Gasteiger partial charge < -0.3 is 10.4 Å². The van der Waals surface area contributed by atoms with Crippen molar-refractivity contribution in [2.75, 3.05) is 5.32 Å². The molecule has 4 heteroatoms. The molecule has 2 aromatic carbocycles. The molecule has 0 radical (unpaired) electrons. The molecule has 1 amide bonds. The Hall–Kier alpha value is -2.88. The van der Waals surface area contributed by atoms with Gasteiger partial charge in [-0.2, -0.15) is 0 Å². The molecule has 1 aliphatic rings. The van der Waals surface area contributed by atoms with Gasteiger partial charge in [0.1, 0.15) is 0 Å². The van der Waals surface area contributed by atoms with E-state index in [0.717, 1.165) is 11.3 Å². The van der Waals surface area contributed by atoms with Crippen molar-refractivity contribution in [2.45, 2.75) is 0 Å². The van der Waals surface area contributed by atoms with Gasteiger partial charge in [-0.3, -0.25) is 4.79 Å². The molecule has 1 heterocycles. The van der Waals surface area contributed by atoms with Gasteiger partial charge in [0.15, 0.2) is 0 Å². The first-order chi connectivity index (χ1) is 9.66. The molecule has 1 aliphatic heterocycles. The van der Waals surface area contributed by atoms with E-state index < -0.39 is 5.97 Å². The average molecular weight is 265 g/mol. The van der Waals surface area contributed by atoms with E-state index in [0.29, 0.717) is 11.1 Å². The Labute approximate surface area is 115 Å². The normalized spacial score (nSPS) is 15.0. The van der Waals surface area contributed by atoms with Crippen molar-refractivity contribution in [3.05, 3.63) is 65.2 Å². The highest BCUT2D eigenvalue weighted by molar-refractivity contribution is 6.35. The van der Waals surface area contributed by atoms with E-state index in [-0.39, 0.29) is 11.5 Å². The van der Waals surface area contributed by atoms with E-state index in [4.69, 9.17) is 0 Å². The van der Waals surface area contributed by atoms with Gasteiger partial charge in [0.25, 0.3) is 5.91 Å². The number of rotatable bonds is 2. The van der Waals surface area contributed by atoms with Gasteiger partial charge in [0, 0.05) is 16.8 Å². The summed E-state index contributed by atoms with van der Waals surface area (Å²) in [6, 6.07) is 14.0. The molecule has 0 saturated carbocycles. The fourth-order valence-electron chi connectivity index (χ4n) is 2.26. The number of carbonyl (C=O) groups excluding carboxylic acids is 1. The summed E-state index contributed by atoms with van der Waals surface area (Å²) in [7, 11) is 0. The third-order valence-corrected chi connectivity index (χ3v) is 3.20. The first-order valence-electron chi connectivity index (χ1n) is 6.11. The van der Waals surface area contributed by atoms with Gasteiger partial charge in [-0.05, 0) is 23.8 Å². The van der Waals surface area contributed by atoms with E-state index in [2.05, 4.69) is 5.32 Å². The van der Waals surface area contributed by atoms with Crippen molar-refractivity contribution >= 4 is 29.2 Å². The summed E-state index contributed by atoms with van der Waals surface area (Å²) in [5.41, 5.74) is 2.71. The lowest BCUT2D eigenvalue weighted by Gasteiger charge is -2.02. The highest BCUT2D eigenvalue weighted by atomic mass is 16.4. The second-order valence-corrected chi connectivity index (χ2v) is 4.45. The standard InChI is InChI=1S/C16H11NO3/c18-15-13(12-7-3-4-8-14(12)17-15)9-10-5-1-2-6-11(10)16(19)20/h1-9H,(H,17,18)(H,19,20)/b13-9+. The number of fused-ring (bicyclic) bond motifs is 1. The first kappa shape index (κ1) is 12.2. The summed E-state index contributed by atoms with van der Waals surface area (Å²) >= 11 is 0. The molecule has 0 spiro atoms. The van der Waals surface area contributed by atoms with Crippen LogP contribution in [0, 0.1) is 0 Å². The molecule has 0 saturated heterocycles. The van der Waals surface area contributed by atoms with Crippen LogP contribution in [-0.2, 0) is 4.79 Å². The minimum Gasteiger partial charge on any atom is -0.478 e. The van der Waals surface area contributed by atoms with Crippen molar-refractivity contribution in [1.29, 1.82) is 0 Å². The summed E-state index contributed by atoms with van der Waals surface area (Å²) in [4.78, 5) is 23.2. The Kier molecular flexibility index (Phi) is 2.84. The lowest BCUT2D eigenvalue weighted by molar-refractivity contribution is -0.110. The smallest absolute Gasteiger partial charge is 0.336 e. The van der Waals surface area contributed by atoms with Crippen molar-refractivity contribution in [1.82, 2.24) is 0 Å². The number of amides is 1. The number of aromatic carboxylic acids is 1. The van der Waals surface area contributed by atoms with Crippen molar-refractivity contribution < 1.29 is 14.7 Å². The highest BCUT2D eigenvalue weighted by Gasteiger charge is 2.23. The number of hydrogen-bond donors (Lipinski definition) is 2. The number of carboxylic acids is 1. The van der Waals surface area contributed by atoms with Crippen LogP contribution >= 0.6 is 0 Å². The Bertz CT molecular complexity index is 747. The minimum absolute atomic E-state index is 0.178. The predicted octanol–water partition coefficient (Wildman–Crippen LogP) is 2.88. The second-order valence-electron chi connectivity index (χ2n) is 4.45. The summed E-state index contributed by atoms with van der Waals surface area (Å²) in [5.74, 6) is -1.23. The van der Waals surface area contributed by atoms with E-state index in [1.165, 1.54) is 6.07 Å². The molecule has 3 rings (SSSR count). The van der Waals surface area contributed by atoms with Crippen LogP contribution in [0.25, 0.3) is 11.6 Å². The van der Waals surface area contributed by atoms with Crippen molar-refractivity contribution in [3.63, 3.8) is 0 Å². The largest absolute Gasteiger partial charge is 0.478 e. The molecule has 0 fully saturated rings. The molecule has 2 aromatic rings. The van der Waals surface area contributed by atoms with Crippen LogP contribution in [0.15, 0.2) is 48.5 Å². The molecule has 0 aliphatic carbocycles. The van der Waals surface area contributed by atoms with Crippen LogP contribution in [0.4, 0.5) is 5.69 Å². The van der Waals surface area contributed by atoms with Crippen LogP contribution in [0.3, 0.4) is 0 Å². The SMILES string of the molecule is O=C1Nc2ccccc2/C1=C\c1ccccc1C(=O)O. The van der Waals surface area contributed by atoms with Crippen LogP contribution in [0.1, 0.15) is 21.5 Å². The molecule has 0 aromatic heterocycles. The molecule has 4 nitrogen and oxygen atoms in total. The molecule has 20 heavy (non-hydrogen) atoms. The number of carbonyl (C=O) groups is 2. The van der Waals surface area contributed by atoms with Gasteiger partial charge >= 0.3 is 5.97 Å². The van der Waals surface area contributed by atoms with E-state index >= 15 is 0 Å². The molecular formula is C16H11NO3. The quantitative estimate of drug-likeness (QED) is 0.820. The number of hydrogen-bond acceptors (Lipinski definition) is 2. The van der Waals surface area contributed by atoms with Crippen LogP contribution in [0.2, 0.25) is 0 Å². The van der Waals surface area contributed by atoms with E-state index in [1.54, 1.807) is 24.3 Å². The van der Waals surface area contributed by atoms with Crippen LogP contribution in [-0.4, -0.2) is 17.0 Å². The second kappa shape index (κ2) is 4.66. The maximum absolute atomic E-state index is 12.0. The Morgan fingerprint density at radius 1 is 1.05 bits per heavy atom. The fraction of sp³-hybridized carbons (Fsp3) is 0. The third-order valence-electron chi connectivity index (χ3n) is 3.20. The molecular weight excluding hydrogens is 254 g/mol. The summed E-state index contributed by atoms with van der Waals surface area (Å²) < 4.78 is 0. The molecule has 98 valence electrons. The monoisotopic (exact) mass is 265 g/mol. The molecule has 0 bridgehead atoms. The highest BCUT2D eigenvalue weighted by Crippen LogP contribution is 2.33. The van der Waals surface area contributed by atoms with Crippen molar-refractivity contribution in [3.8, 4) is 0 Å². The Morgan fingerprint density at radius 3 is 2.55 bits per heavy atom. The molecule has 0 atom stereocenters. The predicted molar refractivity (Wildman–Crippen MR) is 76.3 cm³/mol. The summed E-state index contributed by atoms with van der Waals surface area (Å²) in [6.07, 6.45) is 1.62. The third kappa shape index (κ3) is 1.97. The van der Waals surface area contributed by atoms with Gasteiger partial charge in [0.2, 0.25) is 0 Å². The minimum atomic E-state index is -1.01. The fourth-order valence-corrected chi connectivity index (χ4v) is 2.26. The average Bonchev–Trinajstić information content (AvgIpc) is 2.76. The zero-order valence-corrected chi connectivity index (χ0v) is 10.5. The van der Waals surface area contributed by atoms with Crippen molar-refractivity contribution in [2.24, 2.45) is 0 Å². The van der Waals surface area contributed by atoms with Gasteiger partial charge in [-0.1, -0.05) is 36.4 Å². The zero-order chi connectivity index (χ0) is 14.1. The maximum Gasteiger partial charge on any atom is 0.336 e. The molecule has 0 unspecified atom stereocenters. The number of nitrogens with one attached hydrogen (secondary N) is 1. The first-order valence-corrected chi connectivity index (χ1v) is 6.11. The van der Waals surface area contributed by atoms with E-state index in [1.807, 2.05) is 24.3 Å². The van der Waals surface area contributed by atoms with Gasteiger partial charge in [-0.25, -0.2) is 4.79 Å². The van der Waals surface area contributed by atoms with Crippen LogP contribution < -0.4 is 5.32 Å². The maximum atomic E-state index is 12.0. The Balaban J connectivity index is 2.14. The Morgan fingerprint density at radius 2 is 1.75 bits per heavy atom. The van der Waals surface area contributed by atoms with Crippen LogP contribution in [0.5, 0.6) is 0 Å². The lowest BCUT2D eigenvalue weighted by Crippen LogP contribution is -2.04. The summed E-state index contributed by atoms with van der Waals surface area (Å²) in [6.45, 7) is 0. The number of anilines is 1. The molecule has 2 N–H and O–H groups in total. The number of benzene rings is 2. The zero-order valence-electron chi connectivity index (χ0n) is 10.5. The van der Waals surface area contributed by atoms with Gasteiger partial charge in [0.05, 0.1) is 5.56 Å². The number of carboxylic acid groups (broad SMARTS) is 1. The summed E-state index contributed by atoms with van der Waals surface area (Å²) in [5, 5.41) is 11.9. The topological polar surface area (TPSA) is 66.4 Å². The van der Waals surface area contributed by atoms with Gasteiger partial charge in [-0.15, -0.1) is 0 Å². The number of para-hydroxylation sites is 1. The van der Waals surface area contributed by atoms with E-state index in [9.17, 15) is 14.7 Å². The lowest BCUT2D eigenvalue weighted by atomic mass is 10.0.